The van der Waals surface area contributed by atoms with Gasteiger partial charge in [0.2, 0.25) is 5.91 Å². The number of hydrogen-bond acceptors (Lipinski definition) is 3. The molecule has 1 aromatic rings. The zero-order valence-corrected chi connectivity index (χ0v) is 13.7. The Balaban J connectivity index is 2.52. The first-order valence-corrected chi connectivity index (χ1v) is 8.15. The van der Waals surface area contributed by atoms with Crippen molar-refractivity contribution in [1.29, 1.82) is 0 Å². The summed E-state index contributed by atoms with van der Waals surface area (Å²) in [6.45, 7) is 8.99. The number of nitrogens with one attached hydrogen (secondary N) is 1. The van der Waals surface area contributed by atoms with E-state index in [2.05, 4.69) is 43.4 Å². The minimum atomic E-state index is -0.611. The second-order valence-corrected chi connectivity index (χ2v) is 6.72. The number of hydrogen-bond donors (Lipinski definition) is 2. The van der Waals surface area contributed by atoms with Crippen LogP contribution in [0, 0.1) is 0 Å². The van der Waals surface area contributed by atoms with Gasteiger partial charge in [0.25, 0.3) is 0 Å². The van der Waals surface area contributed by atoms with Crippen molar-refractivity contribution in [2.24, 2.45) is 5.73 Å². The monoisotopic (exact) mass is 294 g/mol. The summed E-state index contributed by atoms with van der Waals surface area (Å²) < 4.78 is 0. The van der Waals surface area contributed by atoms with Gasteiger partial charge < -0.3 is 11.1 Å². The molecule has 0 aromatic heterocycles. The van der Waals surface area contributed by atoms with Gasteiger partial charge in [-0.25, -0.2) is 0 Å². The normalized spacial score (nSPS) is 14.2. The van der Waals surface area contributed by atoms with Gasteiger partial charge >= 0.3 is 0 Å². The smallest absolute Gasteiger partial charge is 0.237 e. The summed E-state index contributed by atoms with van der Waals surface area (Å²) in [6.07, 6.45) is 0.729. The van der Waals surface area contributed by atoms with Crippen LogP contribution < -0.4 is 11.1 Å². The maximum absolute atomic E-state index is 11.5. The molecule has 0 saturated carbocycles. The molecule has 4 heteroatoms. The fourth-order valence-corrected chi connectivity index (χ4v) is 3.09. The second kappa shape index (κ2) is 7.70. The Kier molecular flexibility index (Phi) is 6.56. The molecular weight excluding hydrogens is 268 g/mol. The highest BCUT2D eigenvalue weighted by Gasteiger charge is 2.29. The first kappa shape index (κ1) is 17.1. The number of amides is 1. The molecule has 0 bridgehead atoms. The summed E-state index contributed by atoms with van der Waals surface area (Å²) >= 11 is 1.76. The van der Waals surface area contributed by atoms with Gasteiger partial charge in [-0.1, -0.05) is 32.9 Å². The number of primary amides is 1. The molecule has 1 amide bonds. The van der Waals surface area contributed by atoms with Crippen molar-refractivity contribution in [2.75, 3.05) is 12.3 Å². The first-order valence-electron chi connectivity index (χ1n) is 7.16. The quantitative estimate of drug-likeness (QED) is 0.724. The standard InChI is InChI=1S/C16H26N2OS/c1-5-18-16(4,15(17)19)10-11-20-14-8-6-13(7-9-14)12(2)3/h6-9,12,18H,5,10-11H2,1-4H3,(H2,17,19). The third-order valence-corrected chi connectivity index (χ3v) is 4.54. The maximum atomic E-state index is 11.5. The van der Waals surface area contributed by atoms with E-state index >= 15 is 0 Å². The Morgan fingerprint density at radius 2 is 1.95 bits per heavy atom. The molecule has 112 valence electrons. The summed E-state index contributed by atoms with van der Waals surface area (Å²) in [6, 6.07) is 8.64. The molecule has 0 heterocycles. The first-order chi connectivity index (χ1) is 9.39. The largest absolute Gasteiger partial charge is 0.368 e. The molecule has 1 aromatic carbocycles. The Labute approximate surface area is 126 Å². The number of nitrogens with two attached hydrogens (primary N) is 1. The average Bonchev–Trinajstić information content (AvgIpc) is 2.39. The van der Waals surface area contributed by atoms with Crippen LogP contribution in [-0.4, -0.2) is 23.7 Å². The van der Waals surface area contributed by atoms with Crippen LogP contribution in [0.2, 0.25) is 0 Å². The lowest BCUT2D eigenvalue weighted by atomic mass is 9.98. The number of carbonyl (C=O) groups is 1. The number of benzene rings is 1. The third-order valence-electron chi connectivity index (χ3n) is 3.53. The van der Waals surface area contributed by atoms with E-state index < -0.39 is 5.54 Å². The summed E-state index contributed by atoms with van der Waals surface area (Å²) in [5.74, 6) is 1.14. The molecule has 0 saturated heterocycles. The van der Waals surface area contributed by atoms with E-state index in [0.717, 1.165) is 18.7 Å². The molecule has 0 aliphatic heterocycles. The van der Waals surface area contributed by atoms with Gasteiger partial charge in [-0.3, -0.25) is 4.79 Å². The molecule has 0 radical (unpaired) electrons. The molecule has 1 unspecified atom stereocenters. The van der Waals surface area contributed by atoms with Crippen molar-refractivity contribution in [3.63, 3.8) is 0 Å². The van der Waals surface area contributed by atoms with Crippen molar-refractivity contribution in [2.45, 2.75) is 50.5 Å². The van der Waals surface area contributed by atoms with Crippen LogP contribution in [0.3, 0.4) is 0 Å². The number of likely N-dealkylation sites (N-methyl/N-ethyl adjacent to an activating group) is 1. The third kappa shape index (κ3) is 4.84. The molecule has 3 N–H and O–H groups in total. The summed E-state index contributed by atoms with van der Waals surface area (Å²) in [5, 5.41) is 3.18. The van der Waals surface area contributed by atoms with Crippen molar-refractivity contribution < 1.29 is 4.79 Å². The summed E-state index contributed by atoms with van der Waals surface area (Å²) in [7, 11) is 0. The van der Waals surface area contributed by atoms with Gasteiger partial charge in [-0.15, -0.1) is 11.8 Å². The highest BCUT2D eigenvalue weighted by atomic mass is 32.2. The van der Waals surface area contributed by atoms with E-state index in [0.29, 0.717) is 5.92 Å². The second-order valence-electron chi connectivity index (χ2n) is 5.55. The van der Waals surface area contributed by atoms with Crippen LogP contribution in [0.1, 0.15) is 45.6 Å². The minimum absolute atomic E-state index is 0.282. The average molecular weight is 294 g/mol. The SMILES string of the molecule is CCNC(C)(CCSc1ccc(C(C)C)cc1)C(N)=O. The Morgan fingerprint density at radius 1 is 1.35 bits per heavy atom. The van der Waals surface area contributed by atoms with Gasteiger partial charge in [-0.2, -0.15) is 0 Å². The number of rotatable bonds is 8. The highest BCUT2D eigenvalue weighted by molar-refractivity contribution is 7.99. The molecule has 0 spiro atoms. The van der Waals surface area contributed by atoms with Crippen LogP contribution in [0.5, 0.6) is 0 Å². The van der Waals surface area contributed by atoms with Crippen LogP contribution in [0.15, 0.2) is 29.2 Å². The molecule has 0 fully saturated rings. The highest BCUT2D eigenvalue weighted by Crippen LogP contribution is 2.24. The van der Waals surface area contributed by atoms with Crippen molar-refractivity contribution in [3.8, 4) is 0 Å². The number of carbonyl (C=O) groups excluding carboxylic acids is 1. The van der Waals surface area contributed by atoms with E-state index in [1.165, 1.54) is 10.5 Å². The molecule has 20 heavy (non-hydrogen) atoms. The van der Waals surface area contributed by atoms with Gasteiger partial charge in [0, 0.05) is 10.6 Å². The maximum Gasteiger partial charge on any atom is 0.237 e. The van der Waals surface area contributed by atoms with Gasteiger partial charge in [0.15, 0.2) is 0 Å². The lowest BCUT2D eigenvalue weighted by molar-refractivity contribution is -0.123. The van der Waals surface area contributed by atoms with Crippen LogP contribution in [0.4, 0.5) is 0 Å². The van der Waals surface area contributed by atoms with Crippen molar-refractivity contribution in [1.82, 2.24) is 5.32 Å². The van der Waals surface area contributed by atoms with Gasteiger partial charge in [0.05, 0.1) is 5.54 Å². The van der Waals surface area contributed by atoms with E-state index in [1.54, 1.807) is 11.8 Å². The zero-order valence-electron chi connectivity index (χ0n) is 12.9. The van der Waals surface area contributed by atoms with Crippen molar-refractivity contribution >= 4 is 17.7 Å². The lowest BCUT2D eigenvalue weighted by Crippen LogP contribution is -2.53. The Bertz CT molecular complexity index is 431. The molecule has 0 aliphatic carbocycles. The summed E-state index contributed by atoms with van der Waals surface area (Å²) in [4.78, 5) is 12.8. The van der Waals surface area contributed by atoms with E-state index in [1.807, 2.05) is 13.8 Å². The fourth-order valence-electron chi connectivity index (χ4n) is 2.01. The van der Waals surface area contributed by atoms with E-state index in [-0.39, 0.29) is 5.91 Å². The zero-order chi connectivity index (χ0) is 15.2. The fraction of sp³-hybridized carbons (Fsp3) is 0.562. The van der Waals surface area contributed by atoms with Crippen LogP contribution in [-0.2, 0) is 4.79 Å². The minimum Gasteiger partial charge on any atom is -0.368 e. The molecular formula is C16H26N2OS. The van der Waals surface area contributed by atoms with Crippen molar-refractivity contribution in [3.05, 3.63) is 29.8 Å². The topological polar surface area (TPSA) is 55.1 Å². The van der Waals surface area contributed by atoms with Gasteiger partial charge in [0.1, 0.15) is 0 Å². The van der Waals surface area contributed by atoms with Gasteiger partial charge in [-0.05, 0) is 43.5 Å². The lowest BCUT2D eigenvalue weighted by Gasteiger charge is -2.26. The molecule has 3 nitrogen and oxygen atoms in total. The van der Waals surface area contributed by atoms with E-state index in [9.17, 15) is 4.79 Å². The molecule has 1 rings (SSSR count). The number of thioether (sulfide) groups is 1. The Morgan fingerprint density at radius 3 is 2.40 bits per heavy atom. The van der Waals surface area contributed by atoms with Crippen LogP contribution >= 0.6 is 11.8 Å². The molecule has 0 aliphatic rings. The predicted molar refractivity (Wildman–Crippen MR) is 87.1 cm³/mol. The molecule has 1 atom stereocenters. The van der Waals surface area contributed by atoms with Crippen LogP contribution in [0.25, 0.3) is 0 Å². The Hall–Kier alpha value is -1.00. The van der Waals surface area contributed by atoms with E-state index in [4.69, 9.17) is 5.73 Å². The predicted octanol–water partition coefficient (Wildman–Crippen LogP) is 3.15. The summed E-state index contributed by atoms with van der Waals surface area (Å²) in [5.41, 5.74) is 6.22.